The second-order valence-electron chi connectivity index (χ2n) is 6.39. The summed E-state index contributed by atoms with van der Waals surface area (Å²) in [6.07, 6.45) is 4.03. The van der Waals surface area contributed by atoms with Gasteiger partial charge in [-0.15, -0.1) is 11.3 Å². The van der Waals surface area contributed by atoms with Crippen molar-refractivity contribution >= 4 is 22.8 Å². The number of nitrogens with one attached hydrogen (secondary N) is 1. The second-order valence-corrected chi connectivity index (χ2v) is 7.25. The molecule has 1 aliphatic carbocycles. The summed E-state index contributed by atoms with van der Waals surface area (Å²) in [6.45, 7) is 0. The van der Waals surface area contributed by atoms with Crippen LogP contribution < -0.4 is 11.1 Å². The molecular formula is C17H17F2N5OS. The van der Waals surface area contributed by atoms with Crippen LogP contribution in [-0.2, 0) is 0 Å². The fraction of sp³-hybridized carbons (Fsp3) is 0.353. The quantitative estimate of drug-likeness (QED) is 0.735. The third kappa shape index (κ3) is 2.97. The van der Waals surface area contributed by atoms with Gasteiger partial charge in [0.25, 0.3) is 11.8 Å². The van der Waals surface area contributed by atoms with Gasteiger partial charge in [0.1, 0.15) is 6.04 Å². The van der Waals surface area contributed by atoms with Crippen molar-refractivity contribution < 1.29 is 13.6 Å². The standard InChI is InChI=1S/C17H17F2N5OS/c18-17(19)6-3-4-11(20)14(17)23-15(25)16-22-12(9-26-16)10-8-21-24-7-2-1-5-13(10)24/h1-2,5,7-9,11,14H,3-4,6,20H2,(H,23,25)/t11-,14-/m1/s1. The first-order chi connectivity index (χ1) is 12.5. The topological polar surface area (TPSA) is 85.3 Å². The molecule has 136 valence electrons. The van der Waals surface area contributed by atoms with E-state index < -0.39 is 23.9 Å². The fourth-order valence-electron chi connectivity index (χ4n) is 3.26. The minimum atomic E-state index is -3.00. The molecule has 0 saturated heterocycles. The molecule has 4 rings (SSSR count). The molecule has 3 aromatic heterocycles. The van der Waals surface area contributed by atoms with Crippen molar-refractivity contribution in [3.05, 3.63) is 41.0 Å². The van der Waals surface area contributed by atoms with Gasteiger partial charge in [-0.25, -0.2) is 18.3 Å². The van der Waals surface area contributed by atoms with Crippen molar-refractivity contribution in [2.45, 2.75) is 37.3 Å². The average molecular weight is 377 g/mol. The number of nitrogens with two attached hydrogens (primary N) is 1. The zero-order valence-corrected chi connectivity index (χ0v) is 14.5. The number of hydrogen-bond acceptors (Lipinski definition) is 5. The predicted molar refractivity (Wildman–Crippen MR) is 94.3 cm³/mol. The summed E-state index contributed by atoms with van der Waals surface area (Å²) in [5, 5.41) is 8.47. The van der Waals surface area contributed by atoms with Gasteiger partial charge in [-0.05, 0) is 25.0 Å². The lowest BCUT2D eigenvalue weighted by atomic mass is 9.87. The Morgan fingerprint density at radius 3 is 3.08 bits per heavy atom. The number of alkyl halides is 2. The Balaban J connectivity index is 1.57. The molecule has 3 heterocycles. The van der Waals surface area contributed by atoms with Crippen LogP contribution in [0, 0.1) is 0 Å². The maximum Gasteiger partial charge on any atom is 0.280 e. The number of amides is 1. The highest BCUT2D eigenvalue weighted by atomic mass is 32.1. The van der Waals surface area contributed by atoms with Gasteiger partial charge in [-0.2, -0.15) is 5.10 Å². The first-order valence-corrected chi connectivity index (χ1v) is 9.16. The molecular weight excluding hydrogens is 360 g/mol. The fourth-order valence-corrected chi connectivity index (χ4v) is 3.98. The van der Waals surface area contributed by atoms with E-state index in [1.165, 1.54) is 0 Å². The third-order valence-electron chi connectivity index (χ3n) is 4.62. The Labute approximate surface area is 152 Å². The minimum Gasteiger partial charge on any atom is -0.340 e. The van der Waals surface area contributed by atoms with E-state index in [0.29, 0.717) is 18.5 Å². The number of fused-ring (bicyclic) bond motifs is 1. The molecule has 1 fully saturated rings. The van der Waals surface area contributed by atoms with Gasteiger partial charge >= 0.3 is 0 Å². The average Bonchev–Trinajstić information content (AvgIpc) is 3.24. The van der Waals surface area contributed by atoms with Crippen LogP contribution in [0.3, 0.4) is 0 Å². The molecule has 1 amide bonds. The van der Waals surface area contributed by atoms with Gasteiger partial charge in [0.05, 0.1) is 17.4 Å². The van der Waals surface area contributed by atoms with Gasteiger partial charge in [0, 0.05) is 29.6 Å². The molecule has 0 unspecified atom stereocenters. The van der Waals surface area contributed by atoms with Crippen LogP contribution >= 0.6 is 11.3 Å². The number of pyridine rings is 1. The van der Waals surface area contributed by atoms with E-state index in [4.69, 9.17) is 5.73 Å². The van der Waals surface area contributed by atoms with Crippen LogP contribution in [0.25, 0.3) is 16.8 Å². The Hall–Kier alpha value is -2.39. The van der Waals surface area contributed by atoms with Crippen molar-refractivity contribution in [1.29, 1.82) is 0 Å². The normalized spacial score (nSPS) is 22.4. The number of carbonyl (C=O) groups excluding carboxylic acids is 1. The lowest BCUT2D eigenvalue weighted by Gasteiger charge is -2.36. The highest BCUT2D eigenvalue weighted by molar-refractivity contribution is 7.12. The van der Waals surface area contributed by atoms with Crippen molar-refractivity contribution in [2.75, 3.05) is 0 Å². The number of carbonyl (C=O) groups is 1. The number of halogens is 2. The molecule has 0 radical (unpaired) electrons. The summed E-state index contributed by atoms with van der Waals surface area (Å²) in [4.78, 5) is 16.7. The Morgan fingerprint density at radius 1 is 1.42 bits per heavy atom. The lowest BCUT2D eigenvalue weighted by Crippen LogP contribution is -2.59. The number of hydrogen-bond donors (Lipinski definition) is 2. The maximum absolute atomic E-state index is 14.1. The molecule has 0 aromatic carbocycles. The zero-order valence-electron chi connectivity index (χ0n) is 13.7. The summed E-state index contributed by atoms with van der Waals surface area (Å²) in [5.74, 6) is -3.63. The molecule has 6 nitrogen and oxygen atoms in total. The molecule has 9 heteroatoms. The van der Waals surface area contributed by atoms with Crippen molar-refractivity contribution in [3.8, 4) is 11.3 Å². The minimum absolute atomic E-state index is 0.129. The van der Waals surface area contributed by atoms with E-state index >= 15 is 0 Å². The summed E-state index contributed by atoms with van der Waals surface area (Å²) >= 11 is 1.11. The van der Waals surface area contributed by atoms with Gasteiger partial charge in [0.15, 0.2) is 5.01 Å². The highest BCUT2D eigenvalue weighted by Gasteiger charge is 2.46. The molecule has 3 aromatic rings. The van der Waals surface area contributed by atoms with Crippen LogP contribution in [-0.4, -0.2) is 38.5 Å². The first kappa shape index (κ1) is 17.0. The number of nitrogens with zero attached hydrogens (tertiary/aromatic N) is 3. The van der Waals surface area contributed by atoms with E-state index in [1.54, 1.807) is 16.1 Å². The van der Waals surface area contributed by atoms with Crippen LogP contribution in [0.1, 0.15) is 29.1 Å². The molecule has 0 bridgehead atoms. The summed E-state index contributed by atoms with van der Waals surface area (Å²) in [7, 11) is 0. The van der Waals surface area contributed by atoms with Gasteiger partial charge in [-0.1, -0.05) is 6.07 Å². The predicted octanol–water partition coefficient (Wildman–Crippen LogP) is 2.70. The second kappa shape index (κ2) is 6.40. The van der Waals surface area contributed by atoms with Crippen molar-refractivity contribution in [1.82, 2.24) is 19.9 Å². The largest absolute Gasteiger partial charge is 0.340 e. The number of rotatable bonds is 3. The Morgan fingerprint density at radius 2 is 2.27 bits per heavy atom. The SMILES string of the molecule is N[C@@H]1CCCC(F)(F)[C@@H]1NC(=O)c1nc(-c2cnn3ccccc23)cs1. The van der Waals surface area contributed by atoms with E-state index in [-0.39, 0.29) is 11.4 Å². The molecule has 0 aliphatic heterocycles. The highest BCUT2D eigenvalue weighted by Crippen LogP contribution is 2.33. The van der Waals surface area contributed by atoms with Gasteiger partial charge in [-0.3, -0.25) is 4.79 Å². The zero-order chi connectivity index (χ0) is 18.3. The Kier molecular flexibility index (Phi) is 4.20. The molecule has 1 aliphatic rings. The van der Waals surface area contributed by atoms with E-state index in [2.05, 4.69) is 15.4 Å². The molecule has 0 spiro atoms. The molecule has 1 saturated carbocycles. The van der Waals surface area contributed by atoms with Crippen LogP contribution in [0.4, 0.5) is 8.78 Å². The third-order valence-corrected chi connectivity index (χ3v) is 5.46. The molecule has 2 atom stereocenters. The van der Waals surface area contributed by atoms with Crippen molar-refractivity contribution in [2.24, 2.45) is 5.73 Å². The lowest BCUT2D eigenvalue weighted by molar-refractivity contribution is -0.0674. The summed E-state index contributed by atoms with van der Waals surface area (Å²) in [6, 6.07) is 3.50. The molecule has 26 heavy (non-hydrogen) atoms. The Bertz CT molecular complexity index is 953. The number of aromatic nitrogens is 3. The van der Waals surface area contributed by atoms with E-state index in [1.807, 2.05) is 24.4 Å². The van der Waals surface area contributed by atoms with Crippen LogP contribution in [0.2, 0.25) is 0 Å². The first-order valence-electron chi connectivity index (χ1n) is 8.28. The van der Waals surface area contributed by atoms with Crippen LogP contribution in [0.15, 0.2) is 36.0 Å². The molecule has 3 N–H and O–H groups in total. The van der Waals surface area contributed by atoms with E-state index in [0.717, 1.165) is 22.4 Å². The van der Waals surface area contributed by atoms with E-state index in [9.17, 15) is 13.6 Å². The van der Waals surface area contributed by atoms with Crippen molar-refractivity contribution in [3.63, 3.8) is 0 Å². The summed E-state index contributed by atoms with van der Waals surface area (Å²) < 4.78 is 29.9. The van der Waals surface area contributed by atoms with Gasteiger partial charge < -0.3 is 11.1 Å². The maximum atomic E-state index is 14.1. The van der Waals surface area contributed by atoms with Crippen LogP contribution in [0.5, 0.6) is 0 Å². The summed E-state index contributed by atoms with van der Waals surface area (Å²) in [5.41, 5.74) is 8.02. The smallest absolute Gasteiger partial charge is 0.280 e. The van der Waals surface area contributed by atoms with Gasteiger partial charge in [0.2, 0.25) is 0 Å². The number of thiazole rings is 1. The monoisotopic (exact) mass is 377 g/mol.